The van der Waals surface area contributed by atoms with Crippen LogP contribution >= 0.6 is 0 Å². The molecule has 20 heavy (non-hydrogen) atoms. The molecule has 1 N–H and O–H groups in total. The zero-order chi connectivity index (χ0) is 14.3. The van der Waals surface area contributed by atoms with Crippen molar-refractivity contribution >= 4 is 0 Å². The number of fused-ring (bicyclic) bond motifs is 1. The van der Waals surface area contributed by atoms with Gasteiger partial charge in [0.05, 0.1) is 5.69 Å². The first-order valence-corrected chi connectivity index (χ1v) is 6.78. The maximum atomic E-state index is 12.1. The number of aromatic nitrogens is 3. The Morgan fingerprint density at radius 3 is 3.00 bits per heavy atom. The molecule has 1 aliphatic carbocycles. The van der Waals surface area contributed by atoms with Crippen LogP contribution in [0.25, 0.3) is 11.3 Å². The Labute approximate surface area is 116 Å². The van der Waals surface area contributed by atoms with Gasteiger partial charge < -0.3 is 4.98 Å². The summed E-state index contributed by atoms with van der Waals surface area (Å²) in [4.78, 5) is 15.0. The van der Waals surface area contributed by atoms with Crippen LogP contribution in [0.15, 0.2) is 17.1 Å². The minimum Gasteiger partial charge on any atom is -0.325 e. The third-order valence-corrected chi connectivity index (χ3v) is 4.04. The van der Waals surface area contributed by atoms with Gasteiger partial charge in [0.15, 0.2) is 0 Å². The van der Waals surface area contributed by atoms with Crippen molar-refractivity contribution in [2.45, 2.75) is 26.2 Å². The molecule has 0 amide bonds. The molecule has 102 valence electrons. The van der Waals surface area contributed by atoms with Gasteiger partial charge in [0.1, 0.15) is 11.6 Å². The highest BCUT2D eigenvalue weighted by Gasteiger charge is 2.25. The first kappa shape index (κ1) is 12.7. The van der Waals surface area contributed by atoms with E-state index < -0.39 is 0 Å². The molecule has 0 aliphatic heterocycles. The van der Waals surface area contributed by atoms with Crippen LogP contribution in [0.1, 0.15) is 30.2 Å². The summed E-state index contributed by atoms with van der Waals surface area (Å²) in [5.74, 6) is 0.562. The highest BCUT2D eigenvalue weighted by atomic mass is 16.1. The van der Waals surface area contributed by atoms with Crippen LogP contribution in [0.3, 0.4) is 0 Å². The van der Waals surface area contributed by atoms with Gasteiger partial charge in [-0.25, -0.2) is 0 Å². The van der Waals surface area contributed by atoms with E-state index in [0.29, 0.717) is 5.92 Å². The Morgan fingerprint density at radius 1 is 1.55 bits per heavy atom. The molecular weight excluding hydrogens is 252 g/mol. The summed E-state index contributed by atoms with van der Waals surface area (Å²) >= 11 is 0. The molecule has 1 aliphatic rings. The first-order chi connectivity index (χ1) is 9.61. The third-order valence-electron chi connectivity index (χ3n) is 4.04. The number of aromatic amines is 1. The van der Waals surface area contributed by atoms with E-state index in [1.54, 1.807) is 10.9 Å². The second-order valence-electron chi connectivity index (χ2n) is 5.46. The molecule has 0 aromatic carbocycles. The molecule has 5 nitrogen and oxygen atoms in total. The lowest BCUT2D eigenvalue weighted by Gasteiger charge is -2.24. The van der Waals surface area contributed by atoms with Gasteiger partial charge in [-0.2, -0.15) is 10.4 Å². The van der Waals surface area contributed by atoms with E-state index in [1.165, 1.54) is 0 Å². The first-order valence-electron chi connectivity index (χ1n) is 6.78. The Bertz CT molecular complexity index is 763. The summed E-state index contributed by atoms with van der Waals surface area (Å²) in [5.41, 5.74) is 3.57. The van der Waals surface area contributed by atoms with Gasteiger partial charge in [-0.05, 0) is 36.8 Å². The number of nitrogens with one attached hydrogen (secondary N) is 1. The second-order valence-corrected chi connectivity index (χ2v) is 5.46. The standard InChI is InChI=1S/C15H16N4O/c1-9-3-4-12-10(7-9)14(11(8-16)15(20)18-12)13-5-6-17-19(13)2/h5-6,9H,3-4,7H2,1-2H3,(H,18,20). The van der Waals surface area contributed by atoms with Gasteiger partial charge in [-0.1, -0.05) is 6.92 Å². The molecule has 1 unspecified atom stereocenters. The minimum atomic E-state index is -0.294. The number of nitrogens with zero attached hydrogens (tertiary/aromatic N) is 3. The molecule has 5 heteroatoms. The fourth-order valence-corrected chi connectivity index (χ4v) is 2.98. The molecule has 0 radical (unpaired) electrons. The summed E-state index contributed by atoms with van der Waals surface area (Å²) in [6, 6.07) is 3.92. The summed E-state index contributed by atoms with van der Waals surface area (Å²) in [5, 5.41) is 13.5. The minimum absolute atomic E-state index is 0.196. The van der Waals surface area contributed by atoms with Crippen LogP contribution in [0.4, 0.5) is 0 Å². The fraction of sp³-hybridized carbons (Fsp3) is 0.400. The molecule has 3 rings (SSSR count). The van der Waals surface area contributed by atoms with Crippen molar-refractivity contribution in [1.82, 2.24) is 14.8 Å². The smallest absolute Gasteiger partial charge is 0.266 e. The molecule has 0 bridgehead atoms. The van der Waals surface area contributed by atoms with Crippen molar-refractivity contribution < 1.29 is 0 Å². The highest BCUT2D eigenvalue weighted by Crippen LogP contribution is 2.33. The molecule has 2 heterocycles. The number of hydrogen-bond acceptors (Lipinski definition) is 3. The van der Waals surface area contributed by atoms with Crippen molar-refractivity contribution in [2.24, 2.45) is 13.0 Å². The summed E-state index contributed by atoms with van der Waals surface area (Å²) in [6.07, 6.45) is 4.51. The molecular formula is C15H16N4O. The van der Waals surface area contributed by atoms with Gasteiger partial charge >= 0.3 is 0 Å². The highest BCUT2D eigenvalue weighted by molar-refractivity contribution is 5.72. The molecule has 0 fully saturated rings. The molecule has 0 saturated heterocycles. The van der Waals surface area contributed by atoms with Gasteiger partial charge in [-0.3, -0.25) is 9.48 Å². The van der Waals surface area contributed by atoms with Crippen LogP contribution in [0.2, 0.25) is 0 Å². The van der Waals surface area contributed by atoms with Gasteiger partial charge in [0, 0.05) is 24.5 Å². The number of aryl methyl sites for hydroxylation is 2. The predicted octanol–water partition coefficient (Wildman–Crippen LogP) is 1.77. The quantitative estimate of drug-likeness (QED) is 0.856. The largest absolute Gasteiger partial charge is 0.325 e. The average Bonchev–Trinajstić information content (AvgIpc) is 2.84. The van der Waals surface area contributed by atoms with Crippen molar-refractivity contribution in [2.75, 3.05) is 0 Å². The lowest BCUT2D eigenvalue weighted by atomic mass is 9.83. The van der Waals surface area contributed by atoms with Crippen molar-refractivity contribution in [1.29, 1.82) is 5.26 Å². The van der Waals surface area contributed by atoms with E-state index in [-0.39, 0.29) is 11.1 Å². The summed E-state index contributed by atoms with van der Waals surface area (Å²) in [6.45, 7) is 2.20. The van der Waals surface area contributed by atoms with Crippen LogP contribution in [0.5, 0.6) is 0 Å². The lowest BCUT2D eigenvalue weighted by Crippen LogP contribution is -2.23. The summed E-state index contributed by atoms with van der Waals surface area (Å²) < 4.78 is 1.72. The topological polar surface area (TPSA) is 74.5 Å². The predicted molar refractivity (Wildman–Crippen MR) is 75.2 cm³/mol. The number of pyridine rings is 1. The van der Waals surface area contributed by atoms with E-state index in [4.69, 9.17) is 0 Å². The lowest BCUT2D eigenvalue weighted by molar-refractivity contribution is 0.493. The zero-order valence-electron chi connectivity index (χ0n) is 11.6. The van der Waals surface area contributed by atoms with E-state index in [1.807, 2.05) is 13.1 Å². The van der Waals surface area contributed by atoms with E-state index in [2.05, 4.69) is 23.1 Å². The SMILES string of the molecule is CC1CCc2[nH]c(=O)c(C#N)c(-c3ccnn3C)c2C1. The Hall–Kier alpha value is -2.35. The maximum Gasteiger partial charge on any atom is 0.266 e. The number of nitriles is 1. The van der Waals surface area contributed by atoms with Crippen LogP contribution in [-0.4, -0.2) is 14.8 Å². The molecule has 0 spiro atoms. The van der Waals surface area contributed by atoms with Crippen molar-refractivity contribution in [3.8, 4) is 17.3 Å². The van der Waals surface area contributed by atoms with Crippen molar-refractivity contribution in [3.05, 3.63) is 39.4 Å². The average molecular weight is 268 g/mol. The van der Waals surface area contributed by atoms with E-state index >= 15 is 0 Å². The number of rotatable bonds is 1. The Balaban J connectivity index is 2.36. The fourth-order valence-electron chi connectivity index (χ4n) is 2.98. The summed E-state index contributed by atoms with van der Waals surface area (Å²) in [7, 11) is 1.83. The number of H-pyrrole nitrogens is 1. The molecule has 1 atom stereocenters. The van der Waals surface area contributed by atoms with Gasteiger partial charge in [-0.15, -0.1) is 0 Å². The zero-order valence-corrected chi connectivity index (χ0v) is 11.6. The molecule has 0 saturated carbocycles. The molecule has 2 aromatic heterocycles. The number of hydrogen-bond donors (Lipinski definition) is 1. The van der Waals surface area contributed by atoms with Crippen molar-refractivity contribution in [3.63, 3.8) is 0 Å². The van der Waals surface area contributed by atoms with E-state index in [0.717, 1.165) is 41.8 Å². The van der Waals surface area contributed by atoms with Gasteiger partial charge in [0.25, 0.3) is 5.56 Å². The molecule has 2 aromatic rings. The Morgan fingerprint density at radius 2 is 2.35 bits per heavy atom. The monoisotopic (exact) mass is 268 g/mol. The normalized spacial score (nSPS) is 17.6. The second kappa shape index (κ2) is 4.64. The Kier molecular flexibility index (Phi) is 2.94. The van der Waals surface area contributed by atoms with E-state index in [9.17, 15) is 10.1 Å². The van der Waals surface area contributed by atoms with Crippen LogP contribution in [0, 0.1) is 17.2 Å². The van der Waals surface area contributed by atoms with Crippen LogP contribution in [-0.2, 0) is 19.9 Å². The third kappa shape index (κ3) is 1.85. The maximum absolute atomic E-state index is 12.1. The van der Waals surface area contributed by atoms with Crippen LogP contribution < -0.4 is 5.56 Å². The van der Waals surface area contributed by atoms with Gasteiger partial charge in [0.2, 0.25) is 0 Å².